The maximum Gasteiger partial charge on any atom is 0.142 e. The summed E-state index contributed by atoms with van der Waals surface area (Å²) in [7, 11) is 0. The van der Waals surface area contributed by atoms with Crippen molar-refractivity contribution in [2.75, 3.05) is 0 Å². The molecule has 1 unspecified atom stereocenters. The van der Waals surface area contributed by atoms with Gasteiger partial charge in [0.2, 0.25) is 0 Å². The standard InChI is InChI=1S/C14H20BrFN2OS/c1-5-6-7-12(18-20(19)14(2,3)4)13-11(15)8-10(16)9-17-13/h5,8-9,12,18H,1,6-7H2,2-4H3/t12-,20?/m1/s1. The molecule has 0 aliphatic rings. The van der Waals surface area contributed by atoms with Crippen LogP contribution in [0.25, 0.3) is 0 Å². The molecular weight excluding hydrogens is 343 g/mol. The smallest absolute Gasteiger partial charge is 0.142 e. The molecule has 3 nitrogen and oxygen atoms in total. The summed E-state index contributed by atoms with van der Waals surface area (Å²) in [6.07, 6.45) is 4.42. The van der Waals surface area contributed by atoms with Crippen molar-refractivity contribution in [2.45, 2.75) is 44.4 Å². The third-order valence-corrected chi connectivity index (χ3v) is 4.88. The molecule has 0 spiro atoms. The third kappa shape index (κ3) is 5.16. The molecule has 1 heterocycles. The molecule has 0 aliphatic heterocycles. The summed E-state index contributed by atoms with van der Waals surface area (Å²) in [5, 5.41) is 0. The first-order valence-electron chi connectivity index (χ1n) is 6.35. The molecule has 0 saturated carbocycles. The topological polar surface area (TPSA) is 48.0 Å². The predicted molar refractivity (Wildman–Crippen MR) is 85.1 cm³/mol. The molecule has 20 heavy (non-hydrogen) atoms. The number of halogens is 2. The highest BCUT2D eigenvalue weighted by molar-refractivity contribution is 9.10. The van der Waals surface area contributed by atoms with Crippen LogP contribution in [0.2, 0.25) is 0 Å². The first-order chi connectivity index (χ1) is 9.25. The van der Waals surface area contributed by atoms with E-state index in [1.54, 1.807) is 6.08 Å². The van der Waals surface area contributed by atoms with Gasteiger partial charge in [0, 0.05) is 15.8 Å². The summed E-state index contributed by atoms with van der Waals surface area (Å²) in [6.45, 7) is 9.38. The normalized spacial score (nSPS) is 14.9. The molecular formula is C14H20BrFN2OS. The molecule has 1 rings (SSSR count). The average molecular weight is 363 g/mol. The van der Waals surface area contributed by atoms with E-state index >= 15 is 0 Å². The number of hydrogen-bond acceptors (Lipinski definition) is 3. The number of pyridine rings is 1. The van der Waals surface area contributed by atoms with E-state index in [4.69, 9.17) is 0 Å². The number of rotatable bonds is 6. The van der Waals surface area contributed by atoms with Crippen molar-refractivity contribution in [3.63, 3.8) is 0 Å². The van der Waals surface area contributed by atoms with E-state index in [0.29, 0.717) is 16.6 Å². The van der Waals surface area contributed by atoms with Gasteiger partial charge in [0.15, 0.2) is 0 Å². The lowest BCUT2D eigenvalue weighted by Gasteiger charge is -2.28. The van der Waals surface area contributed by atoms with Crippen molar-refractivity contribution in [3.05, 3.63) is 40.9 Å². The van der Waals surface area contributed by atoms with E-state index in [-0.39, 0.29) is 10.8 Å². The zero-order chi connectivity index (χ0) is 15.3. The van der Waals surface area contributed by atoms with Gasteiger partial charge in [-0.1, -0.05) is 6.08 Å². The van der Waals surface area contributed by atoms with Crippen molar-refractivity contribution >= 4 is 27.3 Å². The molecule has 2 atom stereocenters. The van der Waals surface area contributed by atoms with Crippen LogP contribution in [0.1, 0.15) is 45.3 Å². The second kappa shape index (κ2) is 7.54. The summed E-state index contributed by atoms with van der Waals surface area (Å²) in [5.74, 6) is -0.403. The monoisotopic (exact) mass is 362 g/mol. The highest BCUT2D eigenvalue weighted by Crippen LogP contribution is 2.28. The number of aromatic nitrogens is 1. The van der Waals surface area contributed by atoms with Gasteiger partial charge in [0.05, 0.1) is 17.9 Å². The minimum atomic E-state index is -1.22. The van der Waals surface area contributed by atoms with Crippen LogP contribution in [0.3, 0.4) is 0 Å². The molecule has 0 radical (unpaired) electrons. The second-order valence-corrected chi connectivity index (χ2v) is 8.29. The molecule has 112 valence electrons. The van der Waals surface area contributed by atoms with Crippen molar-refractivity contribution in [1.29, 1.82) is 0 Å². The molecule has 0 saturated heterocycles. The van der Waals surface area contributed by atoms with Crippen LogP contribution in [-0.2, 0) is 11.4 Å². The fraction of sp³-hybridized carbons (Fsp3) is 0.500. The summed E-state index contributed by atoms with van der Waals surface area (Å²) in [5.41, 5.74) is 0.658. The minimum absolute atomic E-state index is 0.219. The zero-order valence-electron chi connectivity index (χ0n) is 12.0. The molecule has 1 N–H and O–H groups in total. The first-order valence-corrected chi connectivity index (χ1v) is 8.30. The van der Waals surface area contributed by atoms with Crippen LogP contribution >= 0.6 is 15.9 Å². The fourth-order valence-electron chi connectivity index (χ4n) is 1.52. The summed E-state index contributed by atoms with van der Waals surface area (Å²) >= 11 is 2.09. The predicted octanol–water partition coefficient (Wildman–Crippen LogP) is 4.04. The Bertz CT molecular complexity index is 465. The maximum atomic E-state index is 13.1. The van der Waals surface area contributed by atoms with E-state index < -0.39 is 17.2 Å². The zero-order valence-corrected chi connectivity index (χ0v) is 14.4. The quantitative estimate of drug-likeness (QED) is 0.613. The fourth-order valence-corrected chi connectivity index (χ4v) is 2.96. The Morgan fingerprint density at radius 2 is 2.25 bits per heavy atom. The van der Waals surface area contributed by atoms with E-state index in [1.165, 1.54) is 12.3 Å². The summed E-state index contributed by atoms with van der Waals surface area (Å²) < 4.78 is 28.6. The molecule has 0 bridgehead atoms. The molecule has 1 aromatic heterocycles. The number of hydrogen-bond donors (Lipinski definition) is 1. The SMILES string of the molecule is C=CCC[C@@H](N[S+]([O-])C(C)(C)C)c1ncc(F)cc1Br. The van der Waals surface area contributed by atoms with E-state index in [9.17, 15) is 8.94 Å². The van der Waals surface area contributed by atoms with Gasteiger partial charge in [-0.25, -0.2) is 4.39 Å². The summed E-state index contributed by atoms with van der Waals surface area (Å²) in [6, 6.07) is 1.15. The van der Waals surface area contributed by atoms with Crippen LogP contribution in [-0.4, -0.2) is 14.3 Å². The van der Waals surface area contributed by atoms with E-state index in [0.717, 1.165) is 6.42 Å². The molecule has 0 amide bonds. The van der Waals surface area contributed by atoms with Crippen molar-refractivity contribution in [2.24, 2.45) is 0 Å². The average Bonchev–Trinajstić information content (AvgIpc) is 2.33. The number of allylic oxidation sites excluding steroid dienone is 1. The maximum absolute atomic E-state index is 13.1. The molecule has 1 aromatic rings. The molecule has 0 fully saturated rings. The Kier molecular flexibility index (Phi) is 6.64. The van der Waals surface area contributed by atoms with Gasteiger partial charge in [-0.3, -0.25) is 4.98 Å². The highest BCUT2D eigenvalue weighted by atomic mass is 79.9. The molecule has 6 heteroatoms. The lowest BCUT2D eigenvalue weighted by Crippen LogP contribution is -2.41. The number of nitrogens with one attached hydrogen (secondary N) is 1. The first kappa shape index (κ1) is 17.6. The van der Waals surface area contributed by atoms with Crippen molar-refractivity contribution < 1.29 is 8.94 Å². The van der Waals surface area contributed by atoms with Crippen LogP contribution in [0.5, 0.6) is 0 Å². The molecule has 0 aliphatic carbocycles. The summed E-state index contributed by atoms with van der Waals surface area (Å²) in [4.78, 5) is 4.11. The Hall–Kier alpha value is -0.430. The largest absolute Gasteiger partial charge is 0.598 e. The van der Waals surface area contributed by atoms with Gasteiger partial charge in [-0.15, -0.1) is 11.3 Å². The Balaban J connectivity index is 2.96. The second-order valence-electron chi connectivity index (χ2n) is 5.44. The van der Waals surface area contributed by atoms with Crippen molar-refractivity contribution in [1.82, 2.24) is 9.71 Å². The van der Waals surface area contributed by atoms with Crippen LogP contribution < -0.4 is 4.72 Å². The van der Waals surface area contributed by atoms with Crippen LogP contribution in [0, 0.1) is 5.82 Å². The van der Waals surface area contributed by atoms with Crippen molar-refractivity contribution in [3.8, 4) is 0 Å². The van der Waals surface area contributed by atoms with Crippen LogP contribution in [0.4, 0.5) is 4.39 Å². The number of nitrogens with zero attached hydrogens (tertiary/aromatic N) is 1. The Labute approximate surface area is 131 Å². The van der Waals surface area contributed by atoms with Gasteiger partial charge >= 0.3 is 0 Å². The lowest BCUT2D eigenvalue weighted by atomic mass is 10.1. The van der Waals surface area contributed by atoms with Gasteiger partial charge < -0.3 is 4.55 Å². The van der Waals surface area contributed by atoms with E-state index in [2.05, 4.69) is 32.2 Å². The molecule has 0 aromatic carbocycles. The van der Waals surface area contributed by atoms with Gasteiger partial charge in [-0.2, -0.15) is 0 Å². The highest BCUT2D eigenvalue weighted by Gasteiger charge is 2.30. The van der Waals surface area contributed by atoms with E-state index in [1.807, 2.05) is 20.8 Å². The Morgan fingerprint density at radius 1 is 1.60 bits per heavy atom. The minimum Gasteiger partial charge on any atom is -0.598 e. The lowest BCUT2D eigenvalue weighted by molar-refractivity contribution is 0.506. The Morgan fingerprint density at radius 3 is 2.75 bits per heavy atom. The van der Waals surface area contributed by atoms with Crippen LogP contribution in [0.15, 0.2) is 29.4 Å². The van der Waals surface area contributed by atoms with Gasteiger partial charge in [0.1, 0.15) is 10.6 Å². The third-order valence-electron chi connectivity index (χ3n) is 2.63. The van der Waals surface area contributed by atoms with Gasteiger partial charge in [0.25, 0.3) is 0 Å². The van der Waals surface area contributed by atoms with Gasteiger partial charge in [-0.05, 0) is 55.6 Å².